The van der Waals surface area contributed by atoms with Crippen LogP contribution >= 0.6 is 11.6 Å². The van der Waals surface area contributed by atoms with E-state index in [1.165, 1.54) is 36.9 Å². The Morgan fingerprint density at radius 1 is 1.04 bits per heavy atom. The van der Waals surface area contributed by atoms with E-state index in [0.29, 0.717) is 37.0 Å². The molecule has 1 spiro atoms. The summed E-state index contributed by atoms with van der Waals surface area (Å²) in [5, 5.41) is 0.0392. The lowest BCUT2D eigenvalue weighted by Crippen LogP contribution is -2.61. The van der Waals surface area contributed by atoms with Gasteiger partial charge in [0.2, 0.25) is 10.0 Å². The van der Waals surface area contributed by atoms with E-state index in [1.54, 1.807) is 6.07 Å². The topological polar surface area (TPSA) is 91.4 Å². The number of benzene rings is 2. The van der Waals surface area contributed by atoms with Gasteiger partial charge in [-0.1, -0.05) is 50.1 Å². The van der Waals surface area contributed by atoms with Gasteiger partial charge in [-0.3, -0.25) is 14.6 Å². The summed E-state index contributed by atoms with van der Waals surface area (Å²) >= 11 is 6.52. The number of hydrogen-bond donors (Lipinski definition) is 1. The van der Waals surface area contributed by atoms with E-state index in [4.69, 9.17) is 21.1 Å². The number of piperidine rings is 1. The molecule has 4 heterocycles. The molecule has 3 fully saturated rings. The number of aryl methyl sites for hydroxylation is 1. The minimum absolute atomic E-state index is 0.192. The molecular formula is C43H59ClN4O5S. The second-order valence-electron chi connectivity index (χ2n) is 17.3. The summed E-state index contributed by atoms with van der Waals surface area (Å²) in [5.74, 6) is 0.577. The van der Waals surface area contributed by atoms with E-state index in [0.717, 1.165) is 87.8 Å². The number of rotatable bonds is 4. The quantitative estimate of drug-likeness (QED) is 0.338. The van der Waals surface area contributed by atoms with Gasteiger partial charge < -0.3 is 14.4 Å². The van der Waals surface area contributed by atoms with Gasteiger partial charge in [-0.25, -0.2) is 13.1 Å². The first-order chi connectivity index (χ1) is 26.0. The summed E-state index contributed by atoms with van der Waals surface area (Å²) in [6.45, 7) is 11.1. The fourth-order valence-corrected chi connectivity index (χ4v) is 13.0. The van der Waals surface area contributed by atoms with Crippen molar-refractivity contribution in [2.45, 2.75) is 100 Å². The first kappa shape index (κ1) is 38.3. The van der Waals surface area contributed by atoms with Gasteiger partial charge in [0.25, 0.3) is 5.91 Å². The second-order valence-corrected chi connectivity index (χ2v) is 19.7. The number of allylic oxidation sites excluding steroid dienone is 1. The van der Waals surface area contributed by atoms with Crippen molar-refractivity contribution in [3.05, 3.63) is 70.3 Å². The minimum Gasteiger partial charge on any atom is -0.490 e. The van der Waals surface area contributed by atoms with Crippen LogP contribution in [0.25, 0.3) is 0 Å². The summed E-state index contributed by atoms with van der Waals surface area (Å²) < 4.78 is 43.7. The first-order valence-electron chi connectivity index (χ1n) is 20.6. The zero-order valence-corrected chi connectivity index (χ0v) is 34.0. The third kappa shape index (κ3) is 7.23. The Bertz CT molecular complexity index is 1860. The molecule has 1 saturated carbocycles. The molecule has 54 heavy (non-hydrogen) atoms. The third-order valence-corrected chi connectivity index (χ3v) is 16.5. The minimum atomic E-state index is -3.96. The van der Waals surface area contributed by atoms with E-state index in [9.17, 15) is 13.2 Å². The first-order valence-corrected chi connectivity index (χ1v) is 22.5. The molecule has 2 aromatic rings. The van der Waals surface area contributed by atoms with Crippen LogP contribution in [0.1, 0.15) is 93.1 Å². The smallest absolute Gasteiger partial charge is 0.264 e. The van der Waals surface area contributed by atoms with E-state index < -0.39 is 26.8 Å². The lowest BCUT2D eigenvalue weighted by Gasteiger charge is -2.53. The van der Waals surface area contributed by atoms with E-state index in [-0.39, 0.29) is 17.3 Å². The van der Waals surface area contributed by atoms with Crippen LogP contribution in [-0.4, -0.2) is 101 Å². The monoisotopic (exact) mass is 778 g/mol. The molecule has 2 saturated heterocycles. The number of methoxy groups -OCH3 is 1. The Balaban J connectivity index is 1.19. The summed E-state index contributed by atoms with van der Waals surface area (Å²) in [6, 6.07) is 12.4. The standard InChI is InChI=1S/C43H59ClN4O5S/c1-4-40-30(2)9-7-19-43(52-3,28-46-21-22-47-20-6-5-11-35(47)26-46)37-15-12-33(37)25-48-27-42(18-8-10-31-23-34(44)14-16-36(31)42)29-53-39-17-13-32(24-38(39)48)41(49)45-54(40,50)51/h7,13-14,16-17,19,23-24,30,33,35,37,40H,4-6,8-12,15,18,20-22,25-29H2,1-3H3,(H,45,49)/b19-7+/t30-,33-,35+,37+,40+,42-,43+/m0/s1. The number of nitrogens with zero attached hydrogens (tertiary/aromatic N) is 3. The predicted molar refractivity (Wildman–Crippen MR) is 215 cm³/mol. The molecule has 0 unspecified atom stereocenters. The molecule has 7 atom stereocenters. The zero-order valence-electron chi connectivity index (χ0n) is 32.4. The molecule has 2 bridgehead atoms. The molecule has 8 rings (SSSR count). The maximum absolute atomic E-state index is 13.9. The number of fused-ring (bicyclic) bond motifs is 5. The van der Waals surface area contributed by atoms with Crippen LogP contribution in [0.4, 0.5) is 5.69 Å². The lowest BCUT2D eigenvalue weighted by atomic mass is 9.63. The number of nitrogens with one attached hydrogen (secondary N) is 1. The Morgan fingerprint density at radius 3 is 2.70 bits per heavy atom. The fraction of sp³-hybridized carbons (Fsp3) is 0.651. The molecule has 4 aliphatic heterocycles. The summed E-state index contributed by atoms with van der Waals surface area (Å²) in [6.07, 6.45) is 14.5. The predicted octanol–water partition coefficient (Wildman–Crippen LogP) is 6.83. The Labute approximate surface area is 327 Å². The van der Waals surface area contributed by atoms with E-state index in [2.05, 4.69) is 43.7 Å². The van der Waals surface area contributed by atoms with E-state index >= 15 is 0 Å². The third-order valence-electron chi connectivity index (χ3n) is 14.2. The Kier molecular flexibility index (Phi) is 10.9. The highest BCUT2D eigenvalue weighted by Gasteiger charge is 2.50. The molecule has 2 aliphatic carbocycles. The Hall–Kier alpha value is -2.63. The highest BCUT2D eigenvalue weighted by Crippen LogP contribution is 2.49. The Morgan fingerprint density at radius 2 is 1.91 bits per heavy atom. The normalized spacial score (nSPS) is 35.0. The van der Waals surface area contributed by atoms with Crippen LogP contribution in [0.2, 0.25) is 5.02 Å². The van der Waals surface area contributed by atoms with Crippen molar-refractivity contribution in [1.82, 2.24) is 14.5 Å². The maximum atomic E-state index is 13.9. The molecule has 2 aromatic carbocycles. The average Bonchev–Trinajstić information content (AvgIpc) is 3.29. The summed E-state index contributed by atoms with van der Waals surface area (Å²) in [7, 11) is -2.08. The van der Waals surface area contributed by atoms with Gasteiger partial charge in [-0.15, -0.1) is 0 Å². The molecular weight excluding hydrogens is 720 g/mol. The number of sulfonamides is 1. The number of carbonyl (C=O) groups excluding carboxylic acids is 1. The summed E-state index contributed by atoms with van der Waals surface area (Å²) in [4.78, 5) is 21.6. The van der Waals surface area contributed by atoms with Crippen molar-refractivity contribution in [2.75, 3.05) is 64.4 Å². The highest BCUT2D eigenvalue weighted by molar-refractivity contribution is 7.90. The van der Waals surface area contributed by atoms with Crippen molar-refractivity contribution < 1.29 is 22.7 Å². The maximum Gasteiger partial charge on any atom is 0.264 e. The van der Waals surface area contributed by atoms with Crippen molar-refractivity contribution in [3.63, 3.8) is 0 Å². The van der Waals surface area contributed by atoms with Crippen molar-refractivity contribution in [3.8, 4) is 5.75 Å². The molecule has 0 radical (unpaired) electrons. The van der Waals surface area contributed by atoms with Crippen LogP contribution in [0.5, 0.6) is 5.75 Å². The van der Waals surface area contributed by atoms with Crippen molar-refractivity contribution in [2.24, 2.45) is 17.8 Å². The van der Waals surface area contributed by atoms with Gasteiger partial charge in [0.1, 0.15) is 11.4 Å². The van der Waals surface area contributed by atoms with E-state index in [1.807, 2.05) is 39.2 Å². The number of anilines is 1. The van der Waals surface area contributed by atoms with Crippen molar-refractivity contribution >= 4 is 33.2 Å². The zero-order chi connectivity index (χ0) is 37.7. The summed E-state index contributed by atoms with van der Waals surface area (Å²) in [5.41, 5.74) is 2.98. The van der Waals surface area contributed by atoms with Gasteiger partial charge >= 0.3 is 0 Å². The van der Waals surface area contributed by atoms with Gasteiger partial charge in [0.05, 0.1) is 17.5 Å². The second kappa shape index (κ2) is 15.4. The van der Waals surface area contributed by atoms with Gasteiger partial charge in [0.15, 0.2) is 0 Å². The molecule has 9 nitrogen and oxygen atoms in total. The van der Waals surface area contributed by atoms with Crippen LogP contribution in [0.15, 0.2) is 48.6 Å². The fourth-order valence-electron chi connectivity index (χ4n) is 11.1. The van der Waals surface area contributed by atoms with Crippen LogP contribution in [0.3, 0.4) is 0 Å². The number of carbonyl (C=O) groups is 1. The van der Waals surface area contributed by atoms with Gasteiger partial charge in [0, 0.05) is 68.4 Å². The number of ether oxygens (including phenoxy) is 2. The lowest BCUT2D eigenvalue weighted by molar-refractivity contribution is -0.100. The molecule has 0 aromatic heterocycles. The van der Waals surface area contributed by atoms with Crippen LogP contribution < -0.4 is 14.4 Å². The average molecular weight is 779 g/mol. The SMILES string of the molecule is CC[C@@H]1[C@@H](C)C/C=C/[C@](CN2CCN3CCCC[C@@H]3C2)(OC)[C@@H]2CC[C@H]2CN2C[C@@]3(CCCc4cc(Cl)ccc43)COc3ccc(cc32)C(=O)NS1(=O)=O. The van der Waals surface area contributed by atoms with Crippen LogP contribution in [-0.2, 0) is 26.6 Å². The van der Waals surface area contributed by atoms with Gasteiger partial charge in [-0.2, -0.15) is 0 Å². The highest BCUT2D eigenvalue weighted by atomic mass is 35.5. The van der Waals surface area contributed by atoms with Gasteiger partial charge in [-0.05, 0) is 124 Å². The number of halogens is 1. The molecule has 1 N–H and O–H groups in total. The number of amides is 1. The molecule has 1 amide bonds. The van der Waals surface area contributed by atoms with Crippen LogP contribution in [0, 0.1) is 17.8 Å². The molecule has 294 valence electrons. The van der Waals surface area contributed by atoms with Crippen molar-refractivity contribution in [1.29, 1.82) is 0 Å². The molecule has 6 aliphatic rings. The number of hydrogen-bond acceptors (Lipinski definition) is 8. The number of piperazine rings is 1. The largest absolute Gasteiger partial charge is 0.490 e. The molecule has 11 heteroatoms.